The van der Waals surface area contributed by atoms with E-state index in [1.807, 2.05) is 38.5 Å². The summed E-state index contributed by atoms with van der Waals surface area (Å²) in [6.07, 6.45) is 3.60. The lowest BCUT2D eigenvalue weighted by Gasteiger charge is -2.22. The van der Waals surface area contributed by atoms with Crippen LogP contribution in [-0.2, 0) is 13.1 Å². The Bertz CT molecular complexity index is 528. The van der Waals surface area contributed by atoms with Gasteiger partial charge in [-0.15, -0.1) is 0 Å². The van der Waals surface area contributed by atoms with E-state index in [2.05, 4.69) is 15.2 Å². The van der Waals surface area contributed by atoms with Crippen molar-refractivity contribution in [1.82, 2.24) is 10.3 Å². The maximum atomic E-state index is 13.3. The second kappa shape index (κ2) is 6.29. The van der Waals surface area contributed by atoms with Gasteiger partial charge in [0.05, 0.1) is 0 Å². The number of halogens is 1. The first-order valence-corrected chi connectivity index (χ1v) is 6.24. The molecule has 0 aliphatic heterocycles. The van der Waals surface area contributed by atoms with Gasteiger partial charge in [0.1, 0.15) is 5.82 Å². The molecule has 0 spiro atoms. The average molecular weight is 259 g/mol. The Balaban J connectivity index is 2.20. The van der Waals surface area contributed by atoms with Crippen LogP contribution in [0.1, 0.15) is 11.1 Å². The van der Waals surface area contributed by atoms with Crippen molar-refractivity contribution in [3.63, 3.8) is 0 Å². The molecule has 1 N–H and O–H groups in total. The Morgan fingerprint density at radius 3 is 2.84 bits per heavy atom. The molecule has 4 heteroatoms. The van der Waals surface area contributed by atoms with E-state index >= 15 is 0 Å². The number of hydrogen-bond donors (Lipinski definition) is 1. The van der Waals surface area contributed by atoms with Crippen LogP contribution >= 0.6 is 0 Å². The number of anilines is 1. The standard InChI is InChI=1S/C15H18FN3/c1-17-10-13-8-14(16)5-6-15(13)19(2)11-12-4-3-7-18-9-12/h3-9,17H,10-11H2,1-2H3. The zero-order valence-electron chi connectivity index (χ0n) is 11.2. The Morgan fingerprint density at radius 2 is 2.16 bits per heavy atom. The summed E-state index contributed by atoms with van der Waals surface area (Å²) in [6, 6.07) is 8.84. The SMILES string of the molecule is CNCc1cc(F)ccc1N(C)Cc1cccnc1. The molecule has 1 heterocycles. The first kappa shape index (κ1) is 13.5. The van der Waals surface area contributed by atoms with E-state index in [9.17, 15) is 4.39 Å². The van der Waals surface area contributed by atoms with Gasteiger partial charge in [0.25, 0.3) is 0 Å². The number of hydrogen-bond acceptors (Lipinski definition) is 3. The normalized spacial score (nSPS) is 10.5. The minimum Gasteiger partial charge on any atom is -0.370 e. The molecule has 0 amide bonds. The van der Waals surface area contributed by atoms with E-state index in [1.165, 1.54) is 6.07 Å². The number of benzene rings is 1. The predicted octanol–water partition coefficient (Wildman–Crippen LogP) is 2.58. The maximum absolute atomic E-state index is 13.3. The van der Waals surface area contributed by atoms with Gasteiger partial charge in [0.15, 0.2) is 0 Å². The Labute approximate surface area is 113 Å². The van der Waals surface area contributed by atoms with Crippen LogP contribution in [0.25, 0.3) is 0 Å². The molecule has 0 atom stereocenters. The van der Waals surface area contributed by atoms with Crippen LogP contribution < -0.4 is 10.2 Å². The third-order valence-corrected chi connectivity index (χ3v) is 2.96. The maximum Gasteiger partial charge on any atom is 0.123 e. The minimum atomic E-state index is -0.205. The lowest BCUT2D eigenvalue weighted by atomic mass is 10.1. The molecule has 0 saturated carbocycles. The van der Waals surface area contributed by atoms with Crippen molar-refractivity contribution < 1.29 is 4.39 Å². The summed E-state index contributed by atoms with van der Waals surface area (Å²) in [7, 11) is 3.86. The molecule has 100 valence electrons. The van der Waals surface area contributed by atoms with Crippen LogP contribution in [0, 0.1) is 5.82 Å². The molecule has 3 nitrogen and oxygen atoms in total. The molecule has 0 bridgehead atoms. The molecule has 0 aliphatic carbocycles. The fourth-order valence-corrected chi connectivity index (χ4v) is 2.11. The van der Waals surface area contributed by atoms with Gasteiger partial charge < -0.3 is 10.2 Å². The van der Waals surface area contributed by atoms with Gasteiger partial charge in [-0.1, -0.05) is 6.07 Å². The Hall–Kier alpha value is -1.94. The van der Waals surface area contributed by atoms with E-state index in [0.717, 1.165) is 23.4 Å². The molecule has 1 aromatic heterocycles. The van der Waals surface area contributed by atoms with Gasteiger partial charge in [-0.05, 0) is 42.4 Å². The molecule has 0 saturated heterocycles. The molecular weight excluding hydrogens is 241 g/mol. The summed E-state index contributed by atoms with van der Waals surface area (Å²) in [5.74, 6) is -0.205. The van der Waals surface area contributed by atoms with E-state index in [1.54, 1.807) is 12.3 Å². The third kappa shape index (κ3) is 3.51. The van der Waals surface area contributed by atoms with Crippen LogP contribution in [0.4, 0.5) is 10.1 Å². The van der Waals surface area contributed by atoms with Crippen LogP contribution in [0.5, 0.6) is 0 Å². The molecule has 19 heavy (non-hydrogen) atoms. The topological polar surface area (TPSA) is 28.2 Å². The van der Waals surface area contributed by atoms with Crippen LogP contribution in [-0.4, -0.2) is 19.1 Å². The fraction of sp³-hybridized carbons (Fsp3) is 0.267. The number of rotatable bonds is 5. The molecule has 0 unspecified atom stereocenters. The van der Waals surface area contributed by atoms with Gasteiger partial charge in [-0.2, -0.15) is 0 Å². The van der Waals surface area contributed by atoms with Crippen LogP contribution in [0.3, 0.4) is 0 Å². The number of nitrogens with one attached hydrogen (secondary N) is 1. The summed E-state index contributed by atoms with van der Waals surface area (Å²) >= 11 is 0. The van der Waals surface area contributed by atoms with Crippen molar-refractivity contribution in [3.05, 3.63) is 59.7 Å². The zero-order chi connectivity index (χ0) is 13.7. The van der Waals surface area contributed by atoms with Crippen LogP contribution in [0.2, 0.25) is 0 Å². The highest BCUT2D eigenvalue weighted by atomic mass is 19.1. The largest absolute Gasteiger partial charge is 0.370 e. The molecule has 1 aromatic carbocycles. The zero-order valence-corrected chi connectivity index (χ0v) is 11.2. The highest BCUT2D eigenvalue weighted by molar-refractivity contribution is 5.53. The monoisotopic (exact) mass is 259 g/mol. The average Bonchev–Trinajstić information content (AvgIpc) is 2.40. The number of aromatic nitrogens is 1. The van der Waals surface area contributed by atoms with Crippen molar-refractivity contribution >= 4 is 5.69 Å². The summed E-state index contributed by atoms with van der Waals surface area (Å²) in [5.41, 5.74) is 3.11. The van der Waals surface area contributed by atoms with Crippen molar-refractivity contribution in [2.24, 2.45) is 0 Å². The molecule has 2 aromatic rings. The quantitative estimate of drug-likeness (QED) is 0.894. The van der Waals surface area contributed by atoms with E-state index in [4.69, 9.17) is 0 Å². The fourth-order valence-electron chi connectivity index (χ4n) is 2.11. The predicted molar refractivity (Wildman–Crippen MR) is 75.5 cm³/mol. The third-order valence-electron chi connectivity index (χ3n) is 2.96. The minimum absolute atomic E-state index is 0.205. The van der Waals surface area contributed by atoms with E-state index in [-0.39, 0.29) is 5.82 Å². The lowest BCUT2D eigenvalue weighted by Crippen LogP contribution is -2.19. The molecule has 0 fully saturated rings. The van der Waals surface area contributed by atoms with E-state index in [0.29, 0.717) is 6.54 Å². The second-order valence-corrected chi connectivity index (χ2v) is 4.52. The van der Waals surface area contributed by atoms with Crippen molar-refractivity contribution in [3.8, 4) is 0 Å². The first-order valence-electron chi connectivity index (χ1n) is 6.24. The Morgan fingerprint density at radius 1 is 1.32 bits per heavy atom. The second-order valence-electron chi connectivity index (χ2n) is 4.52. The van der Waals surface area contributed by atoms with Gasteiger partial charge in [0.2, 0.25) is 0 Å². The van der Waals surface area contributed by atoms with Gasteiger partial charge in [-0.3, -0.25) is 4.98 Å². The Kier molecular flexibility index (Phi) is 4.47. The van der Waals surface area contributed by atoms with Crippen molar-refractivity contribution in [2.45, 2.75) is 13.1 Å². The molecular formula is C15H18FN3. The van der Waals surface area contributed by atoms with Gasteiger partial charge >= 0.3 is 0 Å². The highest BCUT2D eigenvalue weighted by Crippen LogP contribution is 2.22. The number of pyridine rings is 1. The lowest BCUT2D eigenvalue weighted by molar-refractivity contribution is 0.623. The summed E-state index contributed by atoms with van der Waals surface area (Å²) < 4.78 is 13.3. The van der Waals surface area contributed by atoms with Crippen molar-refractivity contribution in [1.29, 1.82) is 0 Å². The van der Waals surface area contributed by atoms with Crippen molar-refractivity contribution in [2.75, 3.05) is 19.0 Å². The summed E-state index contributed by atoms with van der Waals surface area (Å²) in [4.78, 5) is 6.21. The van der Waals surface area contributed by atoms with Gasteiger partial charge in [-0.25, -0.2) is 4.39 Å². The first-order chi connectivity index (χ1) is 9.20. The van der Waals surface area contributed by atoms with E-state index < -0.39 is 0 Å². The summed E-state index contributed by atoms with van der Waals surface area (Å²) in [5, 5.41) is 3.06. The smallest absolute Gasteiger partial charge is 0.123 e. The van der Waals surface area contributed by atoms with Crippen LogP contribution in [0.15, 0.2) is 42.7 Å². The van der Waals surface area contributed by atoms with Gasteiger partial charge in [0, 0.05) is 38.2 Å². The number of nitrogens with zero attached hydrogens (tertiary/aromatic N) is 2. The molecule has 2 rings (SSSR count). The molecule has 0 aliphatic rings. The highest BCUT2D eigenvalue weighted by Gasteiger charge is 2.08. The molecule has 0 radical (unpaired) electrons. The summed E-state index contributed by atoms with van der Waals surface area (Å²) in [6.45, 7) is 1.39.